The van der Waals surface area contributed by atoms with E-state index in [0.717, 1.165) is 17.6 Å². The predicted octanol–water partition coefficient (Wildman–Crippen LogP) is 1.33. The SMILES string of the molecule is FC1CNCCN1c1cnc2ccccc2n1. The summed E-state index contributed by atoms with van der Waals surface area (Å²) in [5.41, 5.74) is 1.64. The van der Waals surface area contributed by atoms with Gasteiger partial charge in [-0.05, 0) is 12.1 Å². The molecule has 1 saturated heterocycles. The number of nitrogens with zero attached hydrogens (tertiary/aromatic N) is 3. The first-order valence-corrected chi connectivity index (χ1v) is 5.68. The minimum Gasteiger partial charge on any atom is -0.323 e. The predicted molar refractivity (Wildman–Crippen MR) is 64.6 cm³/mol. The number of piperazine rings is 1. The Labute approximate surface area is 98.5 Å². The smallest absolute Gasteiger partial charge is 0.186 e. The van der Waals surface area contributed by atoms with Crippen molar-refractivity contribution in [3.8, 4) is 0 Å². The molecule has 1 aliphatic heterocycles. The van der Waals surface area contributed by atoms with E-state index in [1.807, 2.05) is 24.3 Å². The molecule has 1 fully saturated rings. The first-order chi connectivity index (χ1) is 8.34. The van der Waals surface area contributed by atoms with Gasteiger partial charge in [-0.2, -0.15) is 0 Å². The van der Waals surface area contributed by atoms with Crippen molar-refractivity contribution in [2.75, 3.05) is 24.5 Å². The summed E-state index contributed by atoms with van der Waals surface area (Å²) in [4.78, 5) is 10.4. The average Bonchev–Trinajstić information content (AvgIpc) is 2.39. The second kappa shape index (κ2) is 4.25. The van der Waals surface area contributed by atoms with E-state index >= 15 is 0 Å². The normalized spacial score (nSPS) is 20.8. The maximum atomic E-state index is 13.7. The van der Waals surface area contributed by atoms with Gasteiger partial charge in [0, 0.05) is 19.6 Å². The lowest BCUT2D eigenvalue weighted by Gasteiger charge is -2.31. The van der Waals surface area contributed by atoms with Crippen LogP contribution in [0.3, 0.4) is 0 Å². The summed E-state index contributed by atoms with van der Waals surface area (Å²) >= 11 is 0. The molecule has 0 aliphatic carbocycles. The summed E-state index contributed by atoms with van der Waals surface area (Å²) in [6.07, 6.45) is 0.611. The first-order valence-electron chi connectivity index (χ1n) is 5.68. The minimum absolute atomic E-state index is 0.342. The highest BCUT2D eigenvalue weighted by Gasteiger charge is 2.22. The molecule has 3 rings (SSSR count). The van der Waals surface area contributed by atoms with Gasteiger partial charge in [0.15, 0.2) is 6.30 Å². The van der Waals surface area contributed by atoms with Crippen LogP contribution in [0.25, 0.3) is 11.0 Å². The van der Waals surface area contributed by atoms with Crippen molar-refractivity contribution in [2.45, 2.75) is 6.30 Å². The van der Waals surface area contributed by atoms with Gasteiger partial charge in [0.05, 0.1) is 17.2 Å². The van der Waals surface area contributed by atoms with E-state index in [-0.39, 0.29) is 0 Å². The molecule has 0 amide bonds. The number of fused-ring (bicyclic) bond motifs is 1. The van der Waals surface area contributed by atoms with Gasteiger partial charge in [-0.3, -0.25) is 4.98 Å². The molecule has 2 heterocycles. The first kappa shape index (κ1) is 10.4. The number of halogens is 1. The van der Waals surface area contributed by atoms with E-state index in [4.69, 9.17) is 0 Å². The van der Waals surface area contributed by atoms with Gasteiger partial charge in [-0.1, -0.05) is 12.1 Å². The lowest BCUT2D eigenvalue weighted by Crippen LogP contribution is -2.49. The molecule has 1 N–H and O–H groups in total. The zero-order valence-corrected chi connectivity index (χ0v) is 9.31. The van der Waals surface area contributed by atoms with E-state index in [2.05, 4.69) is 15.3 Å². The molecule has 1 atom stereocenters. The third kappa shape index (κ3) is 1.93. The third-order valence-corrected chi connectivity index (χ3v) is 2.91. The molecule has 17 heavy (non-hydrogen) atoms. The lowest BCUT2D eigenvalue weighted by molar-refractivity contribution is 0.279. The summed E-state index contributed by atoms with van der Waals surface area (Å²) in [6.45, 7) is 1.73. The van der Waals surface area contributed by atoms with Crippen LogP contribution in [0.5, 0.6) is 0 Å². The minimum atomic E-state index is -1.03. The van der Waals surface area contributed by atoms with Crippen LogP contribution in [0.2, 0.25) is 0 Å². The standard InChI is InChI=1S/C12H13FN4/c13-11-7-14-5-6-17(11)12-8-15-9-3-1-2-4-10(9)16-12/h1-4,8,11,14H,5-7H2. The van der Waals surface area contributed by atoms with Gasteiger partial charge >= 0.3 is 0 Å². The lowest BCUT2D eigenvalue weighted by atomic mass is 10.3. The van der Waals surface area contributed by atoms with Gasteiger partial charge in [0.1, 0.15) is 5.82 Å². The number of rotatable bonds is 1. The molecule has 1 unspecified atom stereocenters. The van der Waals surface area contributed by atoms with Gasteiger partial charge < -0.3 is 10.2 Å². The monoisotopic (exact) mass is 232 g/mol. The van der Waals surface area contributed by atoms with Crippen molar-refractivity contribution in [1.29, 1.82) is 0 Å². The van der Waals surface area contributed by atoms with Gasteiger partial charge in [-0.25, -0.2) is 9.37 Å². The van der Waals surface area contributed by atoms with Crippen LogP contribution in [0.4, 0.5) is 10.2 Å². The number of aromatic nitrogens is 2. The molecule has 1 aromatic heterocycles. The average molecular weight is 232 g/mol. The molecule has 4 nitrogen and oxygen atoms in total. The van der Waals surface area contributed by atoms with Gasteiger partial charge in [0.25, 0.3) is 0 Å². The van der Waals surface area contributed by atoms with Crippen molar-refractivity contribution in [3.05, 3.63) is 30.5 Å². The molecule has 0 spiro atoms. The summed E-state index contributed by atoms with van der Waals surface area (Å²) in [7, 11) is 0. The summed E-state index contributed by atoms with van der Waals surface area (Å²) in [6, 6.07) is 7.61. The Balaban J connectivity index is 1.99. The van der Waals surface area contributed by atoms with Crippen LogP contribution in [-0.4, -0.2) is 35.9 Å². The molecule has 5 heteroatoms. The van der Waals surface area contributed by atoms with E-state index in [1.54, 1.807) is 11.1 Å². The molecule has 0 radical (unpaired) electrons. The Morgan fingerprint density at radius 1 is 1.29 bits per heavy atom. The summed E-state index contributed by atoms with van der Waals surface area (Å²) < 4.78 is 13.7. The number of alkyl halides is 1. The Morgan fingerprint density at radius 3 is 2.94 bits per heavy atom. The van der Waals surface area contributed by atoms with Crippen molar-refractivity contribution in [2.24, 2.45) is 0 Å². The highest BCUT2D eigenvalue weighted by atomic mass is 19.1. The fraction of sp³-hybridized carbons (Fsp3) is 0.333. The highest BCUT2D eigenvalue weighted by molar-refractivity contribution is 5.75. The Hall–Kier alpha value is -1.75. The maximum absolute atomic E-state index is 13.7. The molecular formula is C12H13FN4. The largest absolute Gasteiger partial charge is 0.323 e. The van der Waals surface area contributed by atoms with Crippen LogP contribution in [0, 0.1) is 0 Å². The van der Waals surface area contributed by atoms with E-state index in [9.17, 15) is 4.39 Å². The zero-order valence-electron chi connectivity index (χ0n) is 9.31. The molecule has 0 bridgehead atoms. The topological polar surface area (TPSA) is 41.0 Å². The van der Waals surface area contributed by atoms with E-state index < -0.39 is 6.30 Å². The van der Waals surface area contributed by atoms with Crippen molar-refractivity contribution in [3.63, 3.8) is 0 Å². The molecule has 1 aromatic carbocycles. The van der Waals surface area contributed by atoms with Crippen LogP contribution < -0.4 is 10.2 Å². The molecule has 88 valence electrons. The van der Waals surface area contributed by atoms with Gasteiger partial charge in [0.2, 0.25) is 0 Å². The van der Waals surface area contributed by atoms with Crippen LogP contribution >= 0.6 is 0 Å². The number of nitrogens with one attached hydrogen (secondary N) is 1. The molecule has 0 saturated carbocycles. The quantitative estimate of drug-likeness (QED) is 0.753. The van der Waals surface area contributed by atoms with Crippen LogP contribution in [0.1, 0.15) is 0 Å². The zero-order chi connectivity index (χ0) is 11.7. The Bertz CT molecular complexity index is 531. The van der Waals surface area contributed by atoms with Crippen molar-refractivity contribution < 1.29 is 4.39 Å². The van der Waals surface area contributed by atoms with E-state index in [1.165, 1.54) is 0 Å². The second-order valence-corrected chi connectivity index (χ2v) is 4.05. The third-order valence-electron chi connectivity index (χ3n) is 2.91. The second-order valence-electron chi connectivity index (χ2n) is 4.05. The highest BCUT2D eigenvalue weighted by Crippen LogP contribution is 2.18. The maximum Gasteiger partial charge on any atom is 0.186 e. The number of hydrogen-bond acceptors (Lipinski definition) is 4. The fourth-order valence-corrected chi connectivity index (χ4v) is 2.01. The van der Waals surface area contributed by atoms with Crippen molar-refractivity contribution in [1.82, 2.24) is 15.3 Å². The fourth-order valence-electron chi connectivity index (χ4n) is 2.01. The molecule has 1 aliphatic rings. The summed E-state index contributed by atoms with van der Waals surface area (Å²) in [5.74, 6) is 0.609. The number of hydrogen-bond donors (Lipinski definition) is 1. The van der Waals surface area contributed by atoms with E-state index in [0.29, 0.717) is 18.9 Å². The molecular weight excluding hydrogens is 219 g/mol. The van der Waals surface area contributed by atoms with Crippen molar-refractivity contribution >= 4 is 16.9 Å². The number of anilines is 1. The van der Waals surface area contributed by atoms with Gasteiger partial charge in [-0.15, -0.1) is 0 Å². The Kier molecular flexibility index (Phi) is 2.60. The van der Waals surface area contributed by atoms with Crippen LogP contribution in [-0.2, 0) is 0 Å². The number of para-hydroxylation sites is 2. The summed E-state index contributed by atoms with van der Waals surface area (Å²) in [5, 5.41) is 3.01. The number of benzene rings is 1. The Morgan fingerprint density at radius 2 is 2.12 bits per heavy atom. The van der Waals surface area contributed by atoms with Crippen LogP contribution in [0.15, 0.2) is 30.5 Å². The molecule has 2 aromatic rings.